The van der Waals surface area contributed by atoms with Crippen molar-refractivity contribution in [1.29, 1.82) is 0 Å². The van der Waals surface area contributed by atoms with E-state index < -0.39 is 0 Å². The van der Waals surface area contributed by atoms with Crippen LogP contribution in [0.25, 0.3) is 0 Å². The lowest BCUT2D eigenvalue weighted by Gasteiger charge is -2.52. The van der Waals surface area contributed by atoms with Crippen LogP contribution >= 0.6 is 11.6 Å². The van der Waals surface area contributed by atoms with E-state index in [-0.39, 0.29) is 12.1 Å². The molecule has 110 valence electrons. The van der Waals surface area contributed by atoms with Gasteiger partial charge >= 0.3 is 0 Å². The van der Waals surface area contributed by atoms with Gasteiger partial charge < -0.3 is 9.84 Å². The average Bonchev–Trinajstić information content (AvgIpc) is 2.47. The molecule has 20 heavy (non-hydrogen) atoms. The van der Waals surface area contributed by atoms with Crippen LogP contribution < -0.4 is 0 Å². The number of pyridine rings is 1. The third-order valence-electron chi connectivity index (χ3n) is 4.21. The number of morpholine rings is 1. The van der Waals surface area contributed by atoms with Gasteiger partial charge in [-0.2, -0.15) is 0 Å². The molecule has 0 saturated carbocycles. The Balaban J connectivity index is 1.70. The predicted octanol–water partition coefficient (Wildman–Crippen LogP) is 0.614. The van der Waals surface area contributed by atoms with E-state index in [0.717, 1.165) is 44.9 Å². The van der Waals surface area contributed by atoms with E-state index in [2.05, 4.69) is 14.8 Å². The molecule has 1 atom stereocenters. The zero-order valence-electron chi connectivity index (χ0n) is 11.5. The molecule has 0 bridgehead atoms. The summed E-state index contributed by atoms with van der Waals surface area (Å²) in [4.78, 5) is 8.83. The van der Waals surface area contributed by atoms with Crippen LogP contribution in [0.2, 0.25) is 5.02 Å². The molecule has 0 spiro atoms. The van der Waals surface area contributed by atoms with E-state index >= 15 is 0 Å². The van der Waals surface area contributed by atoms with E-state index in [1.807, 2.05) is 12.3 Å². The van der Waals surface area contributed by atoms with Crippen LogP contribution in [0, 0.1) is 0 Å². The van der Waals surface area contributed by atoms with Crippen molar-refractivity contribution in [3.05, 3.63) is 29.0 Å². The number of aromatic nitrogens is 1. The number of hydrogen-bond donors (Lipinski definition) is 1. The first kappa shape index (κ1) is 14.2. The fourth-order valence-electron chi connectivity index (χ4n) is 3.15. The summed E-state index contributed by atoms with van der Waals surface area (Å²) >= 11 is 5.98. The molecule has 5 nitrogen and oxygen atoms in total. The van der Waals surface area contributed by atoms with Crippen molar-refractivity contribution >= 4 is 11.6 Å². The van der Waals surface area contributed by atoms with Crippen LogP contribution in [-0.4, -0.2) is 71.4 Å². The monoisotopic (exact) mass is 297 g/mol. The minimum atomic E-state index is -0.248. The van der Waals surface area contributed by atoms with E-state index in [9.17, 15) is 5.11 Å². The fourth-order valence-corrected chi connectivity index (χ4v) is 3.35. The van der Waals surface area contributed by atoms with Crippen molar-refractivity contribution in [3.8, 4) is 0 Å². The SMILES string of the molecule is OCC12COCCN1CCN(Cc1cncc(Cl)c1)C2. The van der Waals surface area contributed by atoms with Crippen LogP contribution in [0.1, 0.15) is 5.56 Å². The highest BCUT2D eigenvalue weighted by molar-refractivity contribution is 6.30. The Morgan fingerprint density at radius 2 is 2.25 bits per heavy atom. The zero-order valence-corrected chi connectivity index (χ0v) is 12.2. The molecule has 6 heteroatoms. The highest BCUT2D eigenvalue weighted by Gasteiger charge is 2.43. The Bertz CT molecular complexity index is 473. The maximum absolute atomic E-state index is 9.82. The molecule has 2 aliphatic heterocycles. The Labute approximate surface area is 124 Å². The van der Waals surface area contributed by atoms with Crippen LogP contribution in [0.15, 0.2) is 18.5 Å². The quantitative estimate of drug-likeness (QED) is 0.886. The lowest BCUT2D eigenvalue weighted by Crippen LogP contribution is -2.68. The second-order valence-electron chi connectivity index (χ2n) is 5.64. The smallest absolute Gasteiger partial charge is 0.0805 e. The summed E-state index contributed by atoms with van der Waals surface area (Å²) in [7, 11) is 0. The van der Waals surface area contributed by atoms with E-state index in [1.54, 1.807) is 6.20 Å². The zero-order chi connectivity index (χ0) is 14.0. The number of ether oxygens (including phenoxy) is 1. The Morgan fingerprint density at radius 3 is 3.05 bits per heavy atom. The van der Waals surface area contributed by atoms with Crippen LogP contribution in [0.4, 0.5) is 0 Å². The van der Waals surface area contributed by atoms with Gasteiger partial charge in [0.1, 0.15) is 0 Å². The van der Waals surface area contributed by atoms with Gasteiger partial charge in [0, 0.05) is 45.1 Å². The van der Waals surface area contributed by atoms with Crippen molar-refractivity contribution in [2.75, 3.05) is 46.0 Å². The van der Waals surface area contributed by atoms with Gasteiger partial charge in [0.15, 0.2) is 0 Å². The van der Waals surface area contributed by atoms with Gasteiger partial charge in [0.2, 0.25) is 0 Å². The molecule has 0 aromatic carbocycles. The average molecular weight is 298 g/mol. The van der Waals surface area contributed by atoms with Crippen LogP contribution in [0.3, 0.4) is 0 Å². The van der Waals surface area contributed by atoms with Crippen molar-refractivity contribution in [2.45, 2.75) is 12.1 Å². The molecular formula is C14H20ClN3O2. The van der Waals surface area contributed by atoms with Crippen molar-refractivity contribution < 1.29 is 9.84 Å². The molecule has 1 N–H and O–H groups in total. The lowest BCUT2D eigenvalue weighted by atomic mass is 9.94. The summed E-state index contributed by atoms with van der Waals surface area (Å²) in [5, 5.41) is 10.5. The minimum Gasteiger partial charge on any atom is -0.394 e. The molecule has 1 unspecified atom stereocenters. The Kier molecular flexibility index (Phi) is 4.23. The summed E-state index contributed by atoms with van der Waals surface area (Å²) in [6.07, 6.45) is 3.49. The summed E-state index contributed by atoms with van der Waals surface area (Å²) in [6.45, 7) is 6.00. The lowest BCUT2D eigenvalue weighted by molar-refractivity contribution is -0.127. The van der Waals surface area contributed by atoms with Crippen LogP contribution in [0.5, 0.6) is 0 Å². The molecular weight excluding hydrogens is 278 g/mol. The number of halogens is 1. The summed E-state index contributed by atoms with van der Waals surface area (Å²) in [5.41, 5.74) is 0.860. The van der Waals surface area contributed by atoms with Crippen molar-refractivity contribution in [2.24, 2.45) is 0 Å². The minimum absolute atomic E-state index is 0.136. The normalized spacial score (nSPS) is 28.3. The molecule has 1 aromatic heterocycles. The van der Waals surface area contributed by atoms with Gasteiger partial charge in [-0.15, -0.1) is 0 Å². The first-order valence-electron chi connectivity index (χ1n) is 6.97. The largest absolute Gasteiger partial charge is 0.394 e. The third-order valence-corrected chi connectivity index (χ3v) is 4.42. The summed E-state index contributed by atoms with van der Waals surface area (Å²) in [5.74, 6) is 0. The molecule has 2 fully saturated rings. The number of hydrogen-bond acceptors (Lipinski definition) is 5. The topological polar surface area (TPSA) is 48.8 Å². The standard InChI is InChI=1S/C14H20ClN3O2/c15-13-5-12(6-16-7-13)8-17-1-2-18-3-4-20-11-14(18,9-17)10-19/h5-7,19H,1-4,8-11H2. The van der Waals surface area contributed by atoms with Crippen LogP contribution in [-0.2, 0) is 11.3 Å². The highest BCUT2D eigenvalue weighted by atomic mass is 35.5. The molecule has 0 amide bonds. The van der Waals surface area contributed by atoms with E-state index in [0.29, 0.717) is 11.6 Å². The molecule has 1 aromatic rings. The molecule has 0 radical (unpaired) electrons. The van der Waals surface area contributed by atoms with Gasteiger partial charge in [-0.05, 0) is 11.6 Å². The number of aliphatic hydroxyl groups is 1. The predicted molar refractivity (Wildman–Crippen MR) is 76.7 cm³/mol. The van der Waals surface area contributed by atoms with Gasteiger partial charge in [0.05, 0.1) is 30.4 Å². The molecule has 2 aliphatic rings. The van der Waals surface area contributed by atoms with E-state index in [4.69, 9.17) is 16.3 Å². The second-order valence-corrected chi connectivity index (χ2v) is 6.08. The first-order valence-corrected chi connectivity index (χ1v) is 7.35. The number of fused-ring (bicyclic) bond motifs is 1. The van der Waals surface area contributed by atoms with Gasteiger partial charge in [0.25, 0.3) is 0 Å². The first-order chi connectivity index (χ1) is 9.72. The van der Waals surface area contributed by atoms with Crippen molar-refractivity contribution in [3.63, 3.8) is 0 Å². The maximum Gasteiger partial charge on any atom is 0.0805 e. The second kappa shape index (κ2) is 5.95. The van der Waals surface area contributed by atoms with Gasteiger partial charge in [-0.1, -0.05) is 11.6 Å². The third kappa shape index (κ3) is 2.82. The van der Waals surface area contributed by atoms with Gasteiger partial charge in [-0.25, -0.2) is 0 Å². The van der Waals surface area contributed by atoms with Gasteiger partial charge in [-0.3, -0.25) is 14.8 Å². The number of piperazine rings is 1. The maximum atomic E-state index is 9.82. The number of aliphatic hydroxyl groups excluding tert-OH is 1. The number of rotatable bonds is 3. The fraction of sp³-hybridized carbons (Fsp3) is 0.643. The summed E-state index contributed by atoms with van der Waals surface area (Å²) in [6, 6.07) is 1.95. The highest BCUT2D eigenvalue weighted by Crippen LogP contribution is 2.26. The number of nitrogens with zero attached hydrogens (tertiary/aromatic N) is 3. The van der Waals surface area contributed by atoms with Crippen molar-refractivity contribution in [1.82, 2.24) is 14.8 Å². The Morgan fingerprint density at radius 1 is 1.35 bits per heavy atom. The molecule has 3 heterocycles. The Hall–Kier alpha value is -0.720. The molecule has 0 aliphatic carbocycles. The summed E-state index contributed by atoms with van der Waals surface area (Å²) < 4.78 is 5.59. The van der Waals surface area contributed by atoms with E-state index in [1.165, 1.54) is 0 Å². The molecule has 3 rings (SSSR count). The molecule has 2 saturated heterocycles.